The molecule has 2 aliphatic rings. The fourth-order valence-corrected chi connectivity index (χ4v) is 3.14. The Morgan fingerprint density at radius 1 is 1.12 bits per heavy atom. The molecule has 1 saturated heterocycles. The molecule has 0 radical (unpaired) electrons. The molecule has 1 aliphatic carbocycles. The van der Waals surface area contributed by atoms with Crippen LogP contribution in [0.3, 0.4) is 0 Å². The molecule has 0 aromatic rings. The van der Waals surface area contributed by atoms with Crippen LogP contribution >= 0.6 is 0 Å². The predicted octanol–water partition coefficient (Wildman–Crippen LogP) is 1.79. The number of hydrogen-bond acceptors (Lipinski definition) is 3. The smallest absolute Gasteiger partial charge is 0.0623 e. The van der Waals surface area contributed by atoms with E-state index in [-0.39, 0.29) is 6.61 Å². The molecule has 3 nitrogen and oxygen atoms in total. The molecule has 2 fully saturated rings. The van der Waals surface area contributed by atoms with Gasteiger partial charge in [0.2, 0.25) is 0 Å². The highest BCUT2D eigenvalue weighted by Gasteiger charge is 2.29. The summed E-state index contributed by atoms with van der Waals surface area (Å²) in [6.07, 6.45) is 9.15. The predicted molar refractivity (Wildman–Crippen MR) is 64.5 cm³/mol. The first-order valence-electron chi connectivity index (χ1n) is 6.86. The van der Waals surface area contributed by atoms with Crippen molar-refractivity contribution in [1.29, 1.82) is 0 Å². The number of aliphatic hydroxyl groups excluding tert-OH is 1. The Morgan fingerprint density at radius 2 is 1.88 bits per heavy atom. The van der Waals surface area contributed by atoms with Gasteiger partial charge in [-0.1, -0.05) is 25.7 Å². The first kappa shape index (κ1) is 12.3. The van der Waals surface area contributed by atoms with Crippen LogP contribution in [0.1, 0.15) is 44.9 Å². The lowest BCUT2D eigenvalue weighted by Gasteiger charge is -2.40. The summed E-state index contributed by atoms with van der Waals surface area (Å²) >= 11 is 0. The fourth-order valence-electron chi connectivity index (χ4n) is 3.14. The van der Waals surface area contributed by atoms with Gasteiger partial charge in [-0.15, -0.1) is 0 Å². The van der Waals surface area contributed by atoms with Gasteiger partial charge in [0.15, 0.2) is 0 Å². The van der Waals surface area contributed by atoms with Gasteiger partial charge in [0.1, 0.15) is 0 Å². The van der Waals surface area contributed by atoms with E-state index in [1.54, 1.807) is 0 Å². The molecular formula is C13H25NO2. The zero-order chi connectivity index (χ0) is 11.2. The van der Waals surface area contributed by atoms with Crippen molar-refractivity contribution in [2.75, 3.05) is 26.4 Å². The first-order valence-corrected chi connectivity index (χ1v) is 6.86. The maximum absolute atomic E-state index is 9.11. The number of morpholine rings is 1. The molecule has 0 bridgehead atoms. The second-order valence-electron chi connectivity index (χ2n) is 5.12. The van der Waals surface area contributed by atoms with Crippen LogP contribution in [0.15, 0.2) is 0 Å². The molecule has 0 aromatic heterocycles. The topological polar surface area (TPSA) is 32.7 Å². The van der Waals surface area contributed by atoms with Crippen molar-refractivity contribution in [3.05, 3.63) is 0 Å². The van der Waals surface area contributed by atoms with E-state index >= 15 is 0 Å². The van der Waals surface area contributed by atoms with Crippen molar-refractivity contribution >= 4 is 0 Å². The summed E-state index contributed by atoms with van der Waals surface area (Å²) in [4.78, 5) is 2.62. The normalized spacial score (nSPS) is 30.2. The molecule has 16 heavy (non-hydrogen) atoms. The summed E-state index contributed by atoms with van der Waals surface area (Å²) < 4.78 is 5.53. The zero-order valence-corrected chi connectivity index (χ0v) is 10.2. The molecule has 0 spiro atoms. The van der Waals surface area contributed by atoms with E-state index in [1.807, 2.05) is 0 Å². The van der Waals surface area contributed by atoms with E-state index in [1.165, 1.54) is 38.5 Å². The van der Waals surface area contributed by atoms with Gasteiger partial charge < -0.3 is 9.84 Å². The van der Waals surface area contributed by atoms with Crippen LogP contribution in [-0.2, 0) is 4.74 Å². The van der Waals surface area contributed by atoms with Crippen LogP contribution in [-0.4, -0.2) is 48.5 Å². The lowest BCUT2D eigenvalue weighted by atomic mass is 10.0. The highest BCUT2D eigenvalue weighted by molar-refractivity contribution is 4.83. The molecule has 0 amide bonds. The average molecular weight is 227 g/mol. The van der Waals surface area contributed by atoms with Crippen molar-refractivity contribution in [3.63, 3.8) is 0 Å². The second kappa shape index (κ2) is 6.58. The summed E-state index contributed by atoms with van der Waals surface area (Å²) in [5.41, 5.74) is 0. The molecule has 1 saturated carbocycles. The maximum atomic E-state index is 9.11. The lowest BCUT2D eigenvalue weighted by Crippen LogP contribution is -2.50. The van der Waals surface area contributed by atoms with Crippen LogP contribution in [0.4, 0.5) is 0 Å². The zero-order valence-electron chi connectivity index (χ0n) is 10.2. The molecular weight excluding hydrogens is 202 g/mol. The molecule has 0 aromatic carbocycles. The SMILES string of the molecule is OCCC1COCCN1C1CCCCCC1. The number of rotatable bonds is 3. The third-order valence-corrected chi connectivity index (χ3v) is 4.03. The van der Waals surface area contributed by atoms with E-state index in [2.05, 4.69) is 4.90 Å². The summed E-state index contributed by atoms with van der Waals surface area (Å²) in [6.45, 7) is 3.04. The van der Waals surface area contributed by atoms with Gasteiger partial charge in [-0.25, -0.2) is 0 Å². The molecule has 94 valence electrons. The Kier molecular flexibility index (Phi) is 5.07. The Balaban J connectivity index is 1.92. The Labute approximate surface area is 98.8 Å². The van der Waals surface area contributed by atoms with Crippen LogP contribution in [0.5, 0.6) is 0 Å². The molecule has 3 heteroatoms. The largest absolute Gasteiger partial charge is 0.396 e. The lowest BCUT2D eigenvalue weighted by molar-refractivity contribution is -0.0389. The third-order valence-electron chi connectivity index (χ3n) is 4.03. The molecule has 1 N–H and O–H groups in total. The van der Waals surface area contributed by atoms with Crippen LogP contribution in [0, 0.1) is 0 Å². The van der Waals surface area contributed by atoms with Crippen molar-refractivity contribution in [3.8, 4) is 0 Å². The third kappa shape index (κ3) is 3.19. The van der Waals surface area contributed by atoms with Crippen LogP contribution in [0.25, 0.3) is 0 Å². The number of hydrogen-bond donors (Lipinski definition) is 1. The molecule has 1 atom stereocenters. The monoisotopic (exact) mass is 227 g/mol. The minimum Gasteiger partial charge on any atom is -0.396 e. The Bertz CT molecular complexity index is 188. The minimum absolute atomic E-state index is 0.289. The van der Waals surface area contributed by atoms with Gasteiger partial charge in [-0.05, 0) is 19.3 Å². The van der Waals surface area contributed by atoms with E-state index in [0.29, 0.717) is 6.04 Å². The molecule has 1 aliphatic heterocycles. The molecule has 1 unspecified atom stereocenters. The van der Waals surface area contributed by atoms with E-state index in [0.717, 1.165) is 32.2 Å². The Morgan fingerprint density at radius 3 is 2.56 bits per heavy atom. The van der Waals surface area contributed by atoms with Crippen molar-refractivity contribution in [2.45, 2.75) is 57.0 Å². The highest BCUT2D eigenvalue weighted by atomic mass is 16.5. The first-order chi connectivity index (χ1) is 7.92. The van der Waals surface area contributed by atoms with Gasteiger partial charge >= 0.3 is 0 Å². The van der Waals surface area contributed by atoms with Crippen molar-refractivity contribution in [1.82, 2.24) is 4.90 Å². The van der Waals surface area contributed by atoms with E-state index in [9.17, 15) is 0 Å². The van der Waals surface area contributed by atoms with Crippen LogP contribution in [0.2, 0.25) is 0 Å². The van der Waals surface area contributed by atoms with Gasteiger partial charge in [-0.2, -0.15) is 0 Å². The van der Waals surface area contributed by atoms with Crippen LogP contribution < -0.4 is 0 Å². The Hall–Kier alpha value is -0.120. The highest BCUT2D eigenvalue weighted by Crippen LogP contribution is 2.25. The van der Waals surface area contributed by atoms with Gasteiger partial charge in [0.25, 0.3) is 0 Å². The summed E-state index contributed by atoms with van der Waals surface area (Å²) in [7, 11) is 0. The summed E-state index contributed by atoms with van der Waals surface area (Å²) in [6, 6.07) is 1.21. The van der Waals surface area contributed by atoms with Crippen molar-refractivity contribution < 1.29 is 9.84 Å². The summed E-state index contributed by atoms with van der Waals surface area (Å²) in [5.74, 6) is 0. The molecule has 1 heterocycles. The standard InChI is InChI=1S/C13H25NO2/c15-9-7-13-11-16-10-8-14(13)12-5-3-1-2-4-6-12/h12-13,15H,1-11H2. The fraction of sp³-hybridized carbons (Fsp3) is 1.00. The van der Waals surface area contributed by atoms with Crippen molar-refractivity contribution in [2.24, 2.45) is 0 Å². The minimum atomic E-state index is 0.289. The number of ether oxygens (including phenoxy) is 1. The average Bonchev–Trinajstić information content (AvgIpc) is 2.59. The maximum Gasteiger partial charge on any atom is 0.0623 e. The summed E-state index contributed by atoms with van der Waals surface area (Å²) in [5, 5.41) is 9.11. The van der Waals surface area contributed by atoms with Gasteiger partial charge in [0.05, 0.1) is 13.2 Å². The molecule has 2 rings (SSSR count). The second-order valence-corrected chi connectivity index (χ2v) is 5.12. The van der Waals surface area contributed by atoms with E-state index in [4.69, 9.17) is 9.84 Å². The quantitative estimate of drug-likeness (QED) is 0.746. The number of nitrogens with zero attached hydrogens (tertiary/aromatic N) is 1. The number of aliphatic hydroxyl groups is 1. The van der Waals surface area contributed by atoms with Gasteiger partial charge in [0, 0.05) is 25.2 Å². The van der Waals surface area contributed by atoms with E-state index < -0.39 is 0 Å². The van der Waals surface area contributed by atoms with Gasteiger partial charge in [-0.3, -0.25) is 4.90 Å².